The van der Waals surface area contributed by atoms with Crippen LogP contribution in [0.3, 0.4) is 0 Å². The maximum absolute atomic E-state index is 12.3. The molecular formula is C19H22N4O2. The second-order valence-electron chi connectivity index (χ2n) is 6.39. The van der Waals surface area contributed by atoms with E-state index in [2.05, 4.69) is 15.7 Å². The molecule has 1 unspecified atom stereocenters. The first-order valence-corrected chi connectivity index (χ1v) is 8.34. The predicted octanol–water partition coefficient (Wildman–Crippen LogP) is 1.88. The molecule has 2 aromatic rings. The van der Waals surface area contributed by atoms with Gasteiger partial charge in [0.25, 0.3) is 0 Å². The number of hydrogen-bond acceptors (Lipinski definition) is 3. The van der Waals surface area contributed by atoms with Crippen LogP contribution in [0.2, 0.25) is 0 Å². The van der Waals surface area contributed by atoms with E-state index in [1.807, 2.05) is 44.4 Å². The fraction of sp³-hybridized carbons (Fsp3) is 0.316. The second kappa shape index (κ2) is 7.34. The Bertz CT molecular complexity index is 792. The summed E-state index contributed by atoms with van der Waals surface area (Å²) >= 11 is 0. The Kier molecular flexibility index (Phi) is 4.97. The van der Waals surface area contributed by atoms with Gasteiger partial charge in [-0.3, -0.25) is 14.3 Å². The molecule has 3 rings (SSSR count). The third-order valence-electron chi connectivity index (χ3n) is 4.32. The van der Waals surface area contributed by atoms with E-state index in [1.165, 1.54) is 11.6 Å². The lowest BCUT2D eigenvalue weighted by Crippen LogP contribution is -2.49. The van der Waals surface area contributed by atoms with Crippen LogP contribution in [-0.2, 0) is 16.6 Å². The van der Waals surface area contributed by atoms with Crippen molar-refractivity contribution in [3.05, 3.63) is 59.4 Å². The monoisotopic (exact) mass is 338 g/mol. The van der Waals surface area contributed by atoms with E-state index in [0.29, 0.717) is 12.8 Å². The van der Waals surface area contributed by atoms with Crippen molar-refractivity contribution in [3.8, 4) is 0 Å². The molecule has 1 fully saturated rings. The van der Waals surface area contributed by atoms with E-state index < -0.39 is 0 Å². The summed E-state index contributed by atoms with van der Waals surface area (Å²) in [7, 11) is 1.83. The van der Waals surface area contributed by atoms with E-state index in [9.17, 15) is 9.59 Å². The molecule has 1 aliphatic rings. The Labute approximate surface area is 146 Å². The van der Waals surface area contributed by atoms with Crippen LogP contribution in [-0.4, -0.2) is 27.6 Å². The van der Waals surface area contributed by atoms with Gasteiger partial charge >= 0.3 is 0 Å². The van der Waals surface area contributed by atoms with E-state index in [1.54, 1.807) is 17.0 Å². The average molecular weight is 338 g/mol. The Morgan fingerprint density at radius 3 is 2.80 bits per heavy atom. The second-order valence-corrected chi connectivity index (χ2v) is 6.39. The summed E-state index contributed by atoms with van der Waals surface area (Å²) in [5.41, 5.74) is 3.05. The molecule has 0 saturated carbocycles. The number of aryl methyl sites for hydroxylation is 2. The summed E-state index contributed by atoms with van der Waals surface area (Å²) in [5.74, 6) is -0.176. The standard InChI is InChI=1S/C19H22N4O2/c1-13-3-5-14(6-4-13)7-9-17(24)21-16-8-10-18(25)22-19(16)15-11-20-23(2)12-15/h3-7,9,11-12,16,19H,8,10H2,1-2H3,(H,21,24)(H,22,25)/b9-7+/t16-,19?/m0/s1. The highest BCUT2D eigenvalue weighted by Crippen LogP contribution is 2.23. The number of nitrogens with zero attached hydrogens (tertiary/aromatic N) is 2. The normalized spacial score (nSPS) is 20.5. The molecule has 2 N–H and O–H groups in total. The molecule has 6 nitrogen and oxygen atoms in total. The lowest BCUT2D eigenvalue weighted by Gasteiger charge is -2.32. The molecule has 1 aromatic carbocycles. The topological polar surface area (TPSA) is 76.0 Å². The molecule has 0 spiro atoms. The van der Waals surface area contributed by atoms with Gasteiger partial charge in [-0.15, -0.1) is 0 Å². The van der Waals surface area contributed by atoms with Crippen molar-refractivity contribution in [2.45, 2.75) is 31.8 Å². The predicted molar refractivity (Wildman–Crippen MR) is 95.5 cm³/mol. The van der Waals surface area contributed by atoms with E-state index in [4.69, 9.17) is 0 Å². The SMILES string of the molecule is Cc1ccc(/C=C/C(=O)N[C@H]2CCC(=O)NC2c2cnn(C)c2)cc1. The molecule has 2 amide bonds. The van der Waals surface area contributed by atoms with Gasteiger partial charge in [0.15, 0.2) is 0 Å². The molecule has 1 aliphatic heterocycles. The number of piperidine rings is 1. The quantitative estimate of drug-likeness (QED) is 0.836. The van der Waals surface area contributed by atoms with Crippen molar-refractivity contribution < 1.29 is 9.59 Å². The highest BCUT2D eigenvalue weighted by Gasteiger charge is 2.31. The zero-order chi connectivity index (χ0) is 17.8. The summed E-state index contributed by atoms with van der Waals surface area (Å²) in [5, 5.41) is 10.1. The summed E-state index contributed by atoms with van der Waals surface area (Å²) < 4.78 is 1.69. The van der Waals surface area contributed by atoms with E-state index in [0.717, 1.165) is 11.1 Å². The number of nitrogens with one attached hydrogen (secondary N) is 2. The number of hydrogen-bond donors (Lipinski definition) is 2. The lowest BCUT2D eigenvalue weighted by atomic mass is 9.93. The van der Waals surface area contributed by atoms with Crippen LogP contribution in [0, 0.1) is 6.92 Å². The Morgan fingerprint density at radius 2 is 2.12 bits per heavy atom. The highest BCUT2D eigenvalue weighted by atomic mass is 16.2. The number of benzene rings is 1. The zero-order valence-electron chi connectivity index (χ0n) is 14.4. The van der Waals surface area contributed by atoms with Crippen LogP contribution in [0.25, 0.3) is 6.08 Å². The van der Waals surface area contributed by atoms with Crippen molar-refractivity contribution in [3.63, 3.8) is 0 Å². The molecule has 25 heavy (non-hydrogen) atoms. The van der Waals surface area contributed by atoms with Crippen molar-refractivity contribution in [1.29, 1.82) is 0 Å². The highest BCUT2D eigenvalue weighted by molar-refractivity contribution is 5.92. The first kappa shape index (κ1) is 17.0. The molecule has 0 radical (unpaired) electrons. The zero-order valence-corrected chi connectivity index (χ0v) is 14.4. The summed E-state index contributed by atoms with van der Waals surface area (Å²) in [6, 6.07) is 7.54. The number of rotatable bonds is 4. The van der Waals surface area contributed by atoms with Crippen LogP contribution in [0.1, 0.15) is 35.6 Å². The third-order valence-corrected chi connectivity index (χ3v) is 4.32. The van der Waals surface area contributed by atoms with Crippen LogP contribution in [0.4, 0.5) is 0 Å². The molecule has 0 bridgehead atoms. The van der Waals surface area contributed by atoms with Gasteiger partial charge < -0.3 is 10.6 Å². The number of carbonyl (C=O) groups excluding carboxylic acids is 2. The third kappa shape index (κ3) is 4.35. The summed E-state index contributed by atoms with van der Waals surface area (Å²) in [6.07, 6.45) is 7.91. The van der Waals surface area contributed by atoms with Crippen molar-refractivity contribution in [1.82, 2.24) is 20.4 Å². The summed E-state index contributed by atoms with van der Waals surface area (Å²) in [6.45, 7) is 2.02. The number of aromatic nitrogens is 2. The molecule has 2 heterocycles. The number of carbonyl (C=O) groups is 2. The minimum absolute atomic E-state index is 0.00505. The molecular weight excluding hydrogens is 316 g/mol. The van der Waals surface area contributed by atoms with Gasteiger partial charge in [0.1, 0.15) is 0 Å². The smallest absolute Gasteiger partial charge is 0.244 e. The van der Waals surface area contributed by atoms with Crippen LogP contribution >= 0.6 is 0 Å². The molecule has 1 saturated heterocycles. The maximum atomic E-state index is 12.3. The van der Waals surface area contributed by atoms with E-state index >= 15 is 0 Å². The number of amides is 2. The van der Waals surface area contributed by atoms with Crippen LogP contribution < -0.4 is 10.6 Å². The minimum atomic E-state index is -0.258. The van der Waals surface area contributed by atoms with Gasteiger partial charge in [-0.2, -0.15) is 5.10 Å². The first-order chi connectivity index (χ1) is 12.0. The Hall–Kier alpha value is -2.89. The Morgan fingerprint density at radius 1 is 1.36 bits per heavy atom. The van der Waals surface area contributed by atoms with Gasteiger partial charge in [0.05, 0.1) is 18.3 Å². The molecule has 1 aromatic heterocycles. The van der Waals surface area contributed by atoms with Gasteiger partial charge in [-0.1, -0.05) is 29.8 Å². The van der Waals surface area contributed by atoms with Gasteiger partial charge in [-0.05, 0) is 25.0 Å². The van der Waals surface area contributed by atoms with Crippen LogP contribution in [0.5, 0.6) is 0 Å². The van der Waals surface area contributed by atoms with Gasteiger partial charge in [-0.25, -0.2) is 0 Å². The van der Waals surface area contributed by atoms with Crippen molar-refractivity contribution >= 4 is 17.9 Å². The van der Waals surface area contributed by atoms with E-state index in [-0.39, 0.29) is 23.9 Å². The maximum Gasteiger partial charge on any atom is 0.244 e. The van der Waals surface area contributed by atoms with Gasteiger partial charge in [0, 0.05) is 31.3 Å². The lowest BCUT2D eigenvalue weighted by molar-refractivity contribution is -0.125. The van der Waals surface area contributed by atoms with Crippen molar-refractivity contribution in [2.75, 3.05) is 0 Å². The Balaban J connectivity index is 1.67. The summed E-state index contributed by atoms with van der Waals surface area (Å²) in [4.78, 5) is 24.0. The molecule has 0 aliphatic carbocycles. The minimum Gasteiger partial charge on any atom is -0.347 e. The molecule has 130 valence electrons. The van der Waals surface area contributed by atoms with Crippen molar-refractivity contribution in [2.24, 2.45) is 7.05 Å². The largest absolute Gasteiger partial charge is 0.347 e. The molecule has 6 heteroatoms. The van der Waals surface area contributed by atoms with Gasteiger partial charge in [0.2, 0.25) is 11.8 Å². The fourth-order valence-electron chi connectivity index (χ4n) is 2.95. The average Bonchev–Trinajstić information content (AvgIpc) is 3.02. The van der Waals surface area contributed by atoms with Crippen LogP contribution in [0.15, 0.2) is 42.7 Å². The molecule has 2 atom stereocenters. The fourth-order valence-corrected chi connectivity index (χ4v) is 2.95. The first-order valence-electron chi connectivity index (χ1n) is 8.34.